The van der Waals surface area contributed by atoms with Crippen LogP contribution in [0.2, 0.25) is 0 Å². The molecule has 1 heterocycles. The molecule has 1 aromatic heterocycles. The number of nitro groups is 1. The molecule has 1 aromatic carbocycles. The van der Waals surface area contributed by atoms with Crippen molar-refractivity contribution in [2.75, 3.05) is 14.2 Å². The summed E-state index contributed by atoms with van der Waals surface area (Å²) in [6.45, 7) is 0. The molecule has 0 radical (unpaired) electrons. The molecule has 0 N–H and O–H groups in total. The molecule has 7 nitrogen and oxygen atoms in total. The second-order valence-corrected chi connectivity index (χ2v) is 3.88. The minimum absolute atomic E-state index is 0.152. The Kier molecular flexibility index (Phi) is 3.38. The van der Waals surface area contributed by atoms with Gasteiger partial charge in [0.15, 0.2) is 5.75 Å². The normalized spacial score (nSPS) is 10.1. The smallest absolute Gasteiger partial charge is 0.314 e. The van der Waals surface area contributed by atoms with Crippen molar-refractivity contribution < 1.29 is 14.4 Å². The number of hydrogen-bond donors (Lipinski definition) is 0. The Morgan fingerprint density at radius 1 is 1.28 bits per heavy atom. The van der Waals surface area contributed by atoms with E-state index in [4.69, 9.17) is 9.47 Å². The molecule has 0 saturated heterocycles. The van der Waals surface area contributed by atoms with E-state index in [2.05, 4.69) is 9.59 Å². The maximum absolute atomic E-state index is 10.9. The van der Waals surface area contributed by atoms with Crippen molar-refractivity contribution in [2.45, 2.75) is 0 Å². The Hall–Kier alpha value is -2.22. The highest BCUT2D eigenvalue weighted by molar-refractivity contribution is 7.03. The highest BCUT2D eigenvalue weighted by Gasteiger charge is 2.21. The molecule has 0 bridgehead atoms. The maximum Gasteiger partial charge on any atom is 0.314 e. The Morgan fingerprint density at radius 3 is 2.50 bits per heavy atom. The summed E-state index contributed by atoms with van der Waals surface area (Å²) in [5, 5.41) is 16.5. The van der Waals surface area contributed by atoms with E-state index in [1.807, 2.05) is 0 Å². The first-order valence-corrected chi connectivity index (χ1v) is 5.69. The molecule has 94 valence electrons. The summed E-state index contributed by atoms with van der Waals surface area (Å²) in [7, 11) is 2.81. The second-order valence-electron chi connectivity index (χ2n) is 3.27. The van der Waals surface area contributed by atoms with Gasteiger partial charge in [-0.2, -0.15) is 0 Å². The van der Waals surface area contributed by atoms with Crippen LogP contribution >= 0.6 is 11.5 Å². The molecule has 0 fully saturated rings. The minimum atomic E-state index is -0.523. The number of benzene rings is 1. The zero-order chi connectivity index (χ0) is 13.1. The topological polar surface area (TPSA) is 87.4 Å². The van der Waals surface area contributed by atoms with Crippen LogP contribution in [0.15, 0.2) is 17.5 Å². The lowest BCUT2D eigenvalue weighted by atomic mass is 10.1. The van der Waals surface area contributed by atoms with Crippen LogP contribution in [0.5, 0.6) is 11.5 Å². The highest BCUT2D eigenvalue weighted by atomic mass is 32.1. The molecule has 0 saturated carbocycles. The lowest BCUT2D eigenvalue weighted by Gasteiger charge is -2.08. The van der Waals surface area contributed by atoms with Gasteiger partial charge in [0, 0.05) is 17.0 Å². The summed E-state index contributed by atoms with van der Waals surface area (Å²) in [5.41, 5.74) is 1.04. The lowest BCUT2D eigenvalue weighted by molar-refractivity contribution is -0.385. The van der Waals surface area contributed by atoms with Gasteiger partial charge < -0.3 is 9.47 Å². The molecular formula is C10H9N3O4S. The highest BCUT2D eigenvalue weighted by Crippen LogP contribution is 2.39. The van der Waals surface area contributed by atoms with E-state index in [0.717, 1.165) is 0 Å². The number of methoxy groups -OCH3 is 2. The van der Waals surface area contributed by atoms with Gasteiger partial charge in [0.25, 0.3) is 0 Å². The average molecular weight is 267 g/mol. The van der Waals surface area contributed by atoms with Crippen LogP contribution in [0.3, 0.4) is 0 Å². The minimum Gasteiger partial charge on any atom is -0.496 e. The van der Waals surface area contributed by atoms with Gasteiger partial charge in [-0.15, -0.1) is 5.10 Å². The number of rotatable bonds is 4. The second kappa shape index (κ2) is 4.96. The van der Waals surface area contributed by atoms with Crippen LogP contribution in [-0.2, 0) is 0 Å². The fraction of sp³-hybridized carbons (Fsp3) is 0.200. The monoisotopic (exact) mass is 267 g/mol. The zero-order valence-corrected chi connectivity index (χ0v) is 10.4. The molecule has 0 aliphatic rings. The summed E-state index contributed by atoms with van der Waals surface area (Å²) >= 11 is 1.19. The predicted molar refractivity (Wildman–Crippen MR) is 65.1 cm³/mol. The number of nitro benzene ring substituents is 1. The van der Waals surface area contributed by atoms with Crippen LogP contribution in [0.25, 0.3) is 11.3 Å². The van der Waals surface area contributed by atoms with E-state index < -0.39 is 4.92 Å². The van der Waals surface area contributed by atoms with E-state index in [0.29, 0.717) is 17.0 Å². The molecule has 0 atom stereocenters. The first-order chi connectivity index (χ1) is 8.67. The quantitative estimate of drug-likeness (QED) is 0.623. The van der Waals surface area contributed by atoms with Crippen LogP contribution < -0.4 is 9.47 Å². The summed E-state index contributed by atoms with van der Waals surface area (Å²) in [6.07, 6.45) is 0. The Morgan fingerprint density at radius 2 is 2.00 bits per heavy atom. The zero-order valence-electron chi connectivity index (χ0n) is 9.61. The van der Waals surface area contributed by atoms with Crippen molar-refractivity contribution in [3.8, 4) is 22.8 Å². The number of nitrogens with zero attached hydrogens (tertiary/aromatic N) is 3. The third-order valence-electron chi connectivity index (χ3n) is 2.33. The van der Waals surface area contributed by atoms with Crippen molar-refractivity contribution >= 4 is 17.2 Å². The molecule has 0 amide bonds. The first-order valence-electron chi connectivity index (χ1n) is 4.85. The number of aromatic nitrogens is 2. The summed E-state index contributed by atoms with van der Waals surface area (Å²) in [6, 6.07) is 2.83. The molecular weight excluding hydrogens is 258 g/mol. The standard InChI is InChI=1S/C10H9N3O4S/c1-16-9-4-8(13(14)15)10(17-2)3-6(9)7-5-18-12-11-7/h3-5H,1-2H3. The van der Waals surface area contributed by atoms with E-state index in [9.17, 15) is 10.1 Å². The third-order valence-corrected chi connectivity index (χ3v) is 2.84. The van der Waals surface area contributed by atoms with E-state index >= 15 is 0 Å². The fourth-order valence-corrected chi connectivity index (χ4v) is 1.96. The van der Waals surface area contributed by atoms with Crippen LogP contribution in [0.4, 0.5) is 5.69 Å². The van der Waals surface area contributed by atoms with E-state index in [1.165, 1.54) is 37.9 Å². The summed E-state index contributed by atoms with van der Waals surface area (Å²) < 4.78 is 13.9. The van der Waals surface area contributed by atoms with Gasteiger partial charge in [0.05, 0.1) is 25.2 Å². The molecule has 0 unspecified atom stereocenters. The van der Waals surface area contributed by atoms with Gasteiger partial charge in [0.2, 0.25) is 0 Å². The van der Waals surface area contributed by atoms with Crippen molar-refractivity contribution in [2.24, 2.45) is 0 Å². The molecule has 0 aliphatic heterocycles. The van der Waals surface area contributed by atoms with Crippen molar-refractivity contribution in [3.05, 3.63) is 27.6 Å². The Labute approximate surface area is 106 Å². The van der Waals surface area contributed by atoms with E-state index in [-0.39, 0.29) is 11.4 Å². The Balaban J connectivity index is 2.64. The van der Waals surface area contributed by atoms with Gasteiger partial charge >= 0.3 is 5.69 Å². The largest absolute Gasteiger partial charge is 0.496 e. The van der Waals surface area contributed by atoms with E-state index in [1.54, 1.807) is 5.38 Å². The van der Waals surface area contributed by atoms with Crippen molar-refractivity contribution in [1.29, 1.82) is 0 Å². The molecule has 0 spiro atoms. The van der Waals surface area contributed by atoms with Crippen LogP contribution in [-0.4, -0.2) is 28.7 Å². The molecule has 2 rings (SSSR count). The predicted octanol–water partition coefficient (Wildman–Crippen LogP) is 2.13. The third kappa shape index (κ3) is 2.09. The molecule has 0 aliphatic carbocycles. The fourth-order valence-electron chi connectivity index (χ4n) is 1.51. The van der Waals surface area contributed by atoms with Gasteiger partial charge in [-0.25, -0.2) is 0 Å². The Bertz CT molecular complexity index is 571. The maximum atomic E-state index is 10.9. The van der Waals surface area contributed by atoms with Crippen molar-refractivity contribution in [3.63, 3.8) is 0 Å². The van der Waals surface area contributed by atoms with Gasteiger partial charge in [0.1, 0.15) is 11.4 Å². The lowest BCUT2D eigenvalue weighted by Crippen LogP contribution is -1.97. The van der Waals surface area contributed by atoms with Crippen LogP contribution in [0, 0.1) is 10.1 Å². The van der Waals surface area contributed by atoms with Crippen molar-refractivity contribution in [1.82, 2.24) is 9.59 Å². The summed E-state index contributed by atoms with van der Waals surface area (Å²) in [4.78, 5) is 10.4. The number of ether oxygens (including phenoxy) is 2. The molecule has 18 heavy (non-hydrogen) atoms. The van der Waals surface area contributed by atoms with Gasteiger partial charge in [-0.3, -0.25) is 10.1 Å². The average Bonchev–Trinajstić information content (AvgIpc) is 2.90. The summed E-state index contributed by atoms with van der Waals surface area (Å²) in [5.74, 6) is 0.513. The molecule has 8 heteroatoms. The first kappa shape index (κ1) is 12.2. The van der Waals surface area contributed by atoms with Gasteiger partial charge in [-0.05, 0) is 11.5 Å². The SMILES string of the molecule is COc1cc([N+](=O)[O-])c(OC)cc1-c1csnn1. The molecule has 2 aromatic rings. The number of hydrogen-bond acceptors (Lipinski definition) is 7. The van der Waals surface area contributed by atoms with Crippen LogP contribution in [0.1, 0.15) is 0 Å². The van der Waals surface area contributed by atoms with Gasteiger partial charge in [-0.1, -0.05) is 4.49 Å².